The van der Waals surface area contributed by atoms with Gasteiger partial charge in [-0.3, -0.25) is 0 Å². The van der Waals surface area contributed by atoms with Crippen LogP contribution >= 0.6 is 17.0 Å². The van der Waals surface area contributed by atoms with Gasteiger partial charge in [0.15, 0.2) is 0 Å². The Morgan fingerprint density at radius 3 is 1.14 bits per heavy atom. The summed E-state index contributed by atoms with van der Waals surface area (Å²) in [6.07, 6.45) is 7.42. The fraction of sp³-hybridized carbons (Fsp3) is 0.423. The monoisotopic (exact) mass is 880 g/mol. The van der Waals surface area contributed by atoms with Crippen molar-refractivity contribution in [1.29, 1.82) is 0 Å². The maximum absolute atomic E-state index is 4.93. The maximum atomic E-state index is 4.93. The zero-order valence-corrected chi connectivity index (χ0v) is 41.5. The summed E-state index contributed by atoms with van der Waals surface area (Å²) in [5.74, 6) is 2.10. The first-order valence-electron chi connectivity index (χ1n) is 21.1. The Balaban J connectivity index is 0.000000264. The molecular weight excluding hydrogens is 815 g/mol. The van der Waals surface area contributed by atoms with Gasteiger partial charge < -0.3 is 0 Å². The third-order valence-electron chi connectivity index (χ3n) is 10.6. The number of benzene rings is 4. The molecular formula is C52H68Cl2SiZr. The van der Waals surface area contributed by atoms with Gasteiger partial charge in [-0.25, -0.2) is 0 Å². The number of aryl methyl sites for hydroxylation is 2. The molecule has 6 aromatic rings. The molecule has 0 aromatic heterocycles. The van der Waals surface area contributed by atoms with E-state index < -0.39 is 20.8 Å². The molecule has 0 saturated carbocycles. The molecule has 0 heterocycles. The van der Waals surface area contributed by atoms with Crippen molar-refractivity contribution < 1.29 is 20.8 Å². The summed E-state index contributed by atoms with van der Waals surface area (Å²) in [6, 6.07) is 37.0. The number of hydrogen-bond donors (Lipinski definition) is 0. The van der Waals surface area contributed by atoms with Gasteiger partial charge in [0.25, 0.3) is 0 Å². The average molecular weight is 883 g/mol. The Bertz CT molecular complexity index is 1900. The van der Waals surface area contributed by atoms with Crippen LogP contribution in [-0.2, 0) is 33.7 Å². The van der Waals surface area contributed by atoms with E-state index in [0.717, 1.165) is 9.52 Å². The van der Waals surface area contributed by atoms with Crippen LogP contribution in [0.15, 0.2) is 97.1 Å². The Hall–Kier alpha value is -2.22. The van der Waals surface area contributed by atoms with Crippen molar-refractivity contribution in [2.75, 3.05) is 0 Å². The quantitative estimate of drug-likeness (QED) is 0.0849. The summed E-state index contributed by atoms with van der Waals surface area (Å²) in [6.45, 7) is 27.3. The fourth-order valence-electron chi connectivity index (χ4n) is 7.79. The van der Waals surface area contributed by atoms with E-state index in [4.69, 9.17) is 17.0 Å². The van der Waals surface area contributed by atoms with Gasteiger partial charge >= 0.3 is 37.9 Å². The third-order valence-corrected chi connectivity index (χ3v) is 10.6. The predicted octanol–water partition coefficient (Wildman–Crippen LogP) is 17.8. The van der Waals surface area contributed by atoms with Gasteiger partial charge in [0.1, 0.15) is 0 Å². The summed E-state index contributed by atoms with van der Waals surface area (Å²) in [4.78, 5) is 0. The van der Waals surface area contributed by atoms with Crippen LogP contribution in [0.4, 0.5) is 0 Å². The number of unbranched alkanes of at least 4 members (excludes halogenated alkanes) is 2. The van der Waals surface area contributed by atoms with Gasteiger partial charge in [-0.05, 0) is 58.8 Å². The molecule has 56 heavy (non-hydrogen) atoms. The van der Waals surface area contributed by atoms with Crippen LogP contribution in [-0.4, -0.2) is 9.52 Å². The molecule has 6 aromatic carbocycles. The van der Waals surface area contributed by atoms with E-state index in [1.165, 1.54) is 116 Å². The van der Waals surface area contributed by atoms with E-state index >= 15 is 0 Å². The van der Waals surface area contributed by atoms with Crippen molar-refractivity contribution in [2.24, 2.45) is 0 Å². The first kappa shape index (κ1) is 48.2. The summed E-state index contributed by atoms with van der Waals surface area (Å²) in [7, 11) is 11.0. The molecule has 0 amide bonds. The summed E-state index contributed by atoms with van der Waals surface area (Å²) < 4.78 is 0. The van der Waals surface area contributed by atoms with Gasteiger partial charge in [-0.2, -0.15) is 12.1 Å². The standard InChI is InChI=1S/2C25H31.C2H6Si.2ClH.Zr/c2*1-6-7-10-19-15-20-13-14-22(18(4)5)25(24(20)16-19)23-12-9-8-11-21(23)17(2)3;1-3-2;;;/h2*8-9,11-18H,6-7,10H2,1-5H3;1-2H3;2*1H;/q2*-1;;;;+4/p-2. The van der Waals surface area contributed by atoms with Gasteiger partial charge in [-0.1, -0.05) is 179 Å². The number of fused-ring (bicyclic) bond motifs is 2. The van der Waals surface area contributed by atoms with Crippen LogP contribution in [0.5, 0.6) is 0 Å². The van der Waals surface area contributed by atoms with Crippen LogP contribution in [0, 0.1) is 0 Å². The molecule has 0 N–H and O–H groups in total. The molecule has 4 heteroatoms. The zero-order chi connectivity index (χ0) is 41.4. The Morgan fingerprint density at radius 1 is 0.518 bits per heavy atom. The van der Waals surface area contributed by atoms with Crippen LogP contribution in [0.3, 0.4) is 0 Å². The second-order valence-corrected chi connectivity index (χ2v) is 21.1. The minimum absolute atomic E-state index is 0.522. The van der Waals surface area contributed by atoms with Crippen molar-refractivity contribution in [3.8, 4) is 22.3 Å². The number of hydrogen-bond acceptors (Lipinski definition) is 0. The van der Waals surface area contributed by atoms with E-state index in [2.05, 4.69) is 179 Å². The predicted molar refractivity (Wildman–Crippen MR) is 253 cm³/mol. The fourth-order valence-corrected chi connectivity index (χ4v) is 7.79. The van der Waals surface area contributed by atoms with Gasteiger partial charge in [-0.15, -0.1) is 69.1 Å². The van der Waals surface area contributed by atoms with Crippen LogP contribution in [0.25, 0.3) is 43.8 Å². The first-order valence-corrected chi connectivity index (χ1v) is 29.4. The molecule has 6 rings (SSSR count). The van der Waals surface area contributed by atoms with Crippen molar-refractivity contribution in [2.45, 2.75) is 145 Å². The molecule has 0 saturated heterocycles. The number of rotatable bonds is 12. The molecule has 298 valence electrons. The van der Waals surface area contributed by atoms with E-state index in [0.29, 0.717) is 23.7 Å². The molecule has 0 atom stereocenters. The van der Waals surface area contributed by atoms with E-state index in [9.17, 15) is 0 Å². The molecule has 0 bridgehead atoms. The molecule has 0 aliphatic rings. The Kier molecular flexibility index (Phi) is 21.2. The van der Waals surface area contributed by atoms with Crippen LogP contribution in [0.2, 0.25) is 13.1 Å². The second kappa shape index (κ2) is 24.6. The molecule has 2 radical (unpaired) electrons. The molecule has 0 aliphatic heterocycles. The van der Waals surface area contributed by atoms with Crippen LogP contribution < -0.4 is 0 Å². The summed E-state index contributed by atoms with van der Waals surface area (Å²) in [5.41, 5.74) is 14.6. The van der Waals surface area contributed by atoms with Gasteiger partial charge in [0.05, 0.1) is 0 Å². The average Bonchev–Trinajstić information content (AvgIpc) is 3.80. The van der Waals surface area contributed by atoms with E-state index in [-0.39, 0.29) is 0 Å². The van der Waals surface area contributed by atoms with Crippen molar-refractivity contribution in [3.63, 3.8) is 0 Å². The molecule has 0 nitrogen and oxygen atoms in total. The van der Waals surface area contributed by atoms with Crippen molar-refractivity contribution in [3.05, 3.63) is 130 Å². The minimum atomic E-state index is -0.826. The Morgan fingerprint density at radius 2 is 0.839 bits per heavy atom. The topological polar surface area (TPSA) is 0 Å². The zero-order valence-electron chi connectivity index (χ0n) is 36.5. The van der Waals surface area contributed by atoms with Gasteiger partial charge in [0.2, 0.25) is 0 Å². The normalized spacial score (nSPS) is 11.0. The molecule has 0 fully saturated rings. The SMILES string of the molecule is CCCCc1cc2c(-c3ccccc3C(C)C)c(C(C)C)ccc2[cH-]1.CCCCc1cc2c(-c3ccccc3C(C)C)c(C(C)C)ccc2[cH-]1.C[Si]C.[Cl][Zr+2][Cl]. The van der Waals surface area contributed by atoms with E-state index in [1.807, 2.05) is 0 Å². The van der Waals surface area contributed by atoms with Crippen molar-refractivity contribution >= 4 is 48.1 Å². The Labute approximate surface area is 363 Å². The van der Waals surface area contributed by atoms with Crippen LogP contribution in [0.1, 0.15) is 152 Å². The van der Waals surface area contributed by atoms with Gasteiger partial charge in [0, 0.05) is 9.52 Å². The third kappa shape index (κ3) is 12.9. The van der Waals surface area contributed by atoms with Crippen molar-refractivity contribution in [1.82, 2.24) is 0 Å². The number of halogens is 2. The summed E-state index contributed by atoms with van der Waals surface area (Å²) in [5, 5.41) is 5.66. The first-order chi connectivity index (χ1) is 26.9. The molecule has 0 spiro atoms. The molecule has 0 unspecified atom stereocenters. The summed E-state index contributed by atoms with van der Waals surface area (Å²) >= 11 is -0.826. The second-order valence-electron chi connectivity index (χ2n) is 16.4. The van der Waals surface area contributed by atoms with E-state index in [1.54, 1.807) is 0 Å². The molecule has 0 aliphatic carbocycles.